The summed E-state index contributed by atoms with van der Waals surface area (Å²) in [6, 6.07) is 25.0. The highest BCUT2D eigenvalue weighted by molar-refractivity contribution is 5.71. The number of rotatable bonds is 6. The number of nitriles is 1. The molecule has 0 aliphatic heterocycles. The fourth-order valence-corrected chi connectivity index (χ4v) is 3.07. The largest absolute Gasteiger partial charge is 0.282 e. The lowest BCUT2D eigenvalue weighted by atomic mass is 10.1. The minimum Gasteiger partial charge on any atom is -0.282 e. The van der Waals surface area contributed by atoms with Gasteiger partial charge in [0.25, 0.3) is 11.6 Å². The fraction of sp³-hybridized carbons (Fsp3) is 0.0417. The van der Waals surface area contributed by atoms with Crippen LogP contribution in [0.1, 0.15) is 5.56 Å². The van der Waals surface area contributed by atoms with Crippen molar-refractivity contribution in [2.45, 2.75) is 6.92 Å². The molecule has 0 atom stereocenters. The van der Waals surface area contributed by atoms with Gasteiger partial charge in [0.15, 0.2) is 0 Å². The Labute approximate surface area is 184 Å². The summed E-state index contributed by atoms with van der Waals surface area (Å²) in [5.41, 5.74) is 7.50. The minimum absolute atomic E-state index is 0.00816. The Morgan fingerprint density at radius 1 is 0.906 bits per heavy atom. The smallest absolute Gasteiger partial charge is 0.269 e. The van der Waals surface area contributed by atoms with Gasteiger partial charge in [0.1, 0.15) is 0 Å². The van der Waals surface area contributed by atoms with Gasteiger partial charge in [-0.15, -0.1) is 0 Å². The number of aryl methyl sites for hydroxylation is 1. The number of benzene rings is 3. The molecular formula is C24H18N6O2. The Hall–Kier alpha value is -4.77. The van der Waals surface area contributed by atoms with E-state index in [1.54, 1.807) is 18.2 Å². The maximum absolute atomic E-state index is 11.0. The molecule has 8 nitrogen and oxygen atoms in total. The maximum atomic E-state index is 11.0. The van der Waals surface area contributed by atoms with Crippen molar-refractivity contribution in [2.75, 3.05) is 10.4 Å². The summed E-state index contributed by atoms with van der Waals surface area (Å²) in [5.74, 6) is 0.155. The highest BCUT2D eigenvalue weighted by atomic mass is 16.6. The number of anilines is 2. The Morgan fingerprint density at radius 3 is 2.00 bits per heavy atom. The SMILES string of the molecule is Cc1ccc(-c2cc(-c3ccc([N+](=O)[O-])cc3)nc(N(C#N)Nc3ccccc3)n2)cc1. The molecule has 3 aromatic carbocycles. The van der Waals surface area contributed by atoms with Crippen LogP contribution in [-0.2, 0) is 0 Å². The lowest BCUT2D eigenvalue weighted by Crippen LogP contribution is -2.26. The van der Waals surface area contributed by atoms with Crippen LogP contribution < -0.4 is 10.4 Å². The molecule has 0 spiro atoms. The third-order valence-corrected chi connectivity index (χ3v) is 4.75. The van der Waals surface area contributed by atoms with Gasteiger partial charge >= 0.3 is 0 Å². The Balaban J connectivity index is 1.80. The molecule has 4 rings (SSSR count). The predicted octanol–water partition coefficient (Wildman–Crippen LogP) is 5.34. The van der Waals surface area contributed by atoms with Crippen molar-refractivity contribution in [2.24, 2.45) is 0 Å². The van der Waals surface area contributed by atoms with Crippen molar-refractivity contribution in [3.63, 3.8) is 0 Å². The van der Waals surface area contributed by atoms with Gasteiger partial charge in [0.2, 0.25) is 6.19 Å². The number of nitrogens with zero attached hydrogens (tertiary/aromatic N) is 5. The molecule has 0 radical (unpaired) electrons. The summed E-state index contributed by atoms with van der Waals surface area (Å²) < 4.78 is 0. The Morgan fingerprint density at radius 2 is 1.47 bits per heavy atom. The van der Waals surface area contributed by atoms with E-state index in [2.05, 4.69) is 21.6 Å². The fourth-order valence-electron chi connectivity index (χ4n) is 3.07. The standard InChI is InChI=1S/C24H18N6O2/c1-17-7-9-18(10-8-17)22-15-23(19-11-13-21(14-12-19)30(31)32)27-24(26-22)29(16-25)28-20-5-3-2-4-6-20/h2-15,28H,1H3. The van der Waals surface area contributed by atoms with Crippen LogP contribution in [-0.4, -0.2) is 14.9 Å². The average molecular weight is 422 g/mol. The van der Waals surface area contributed by atoms with Crippen LogP contribution in [0.5, 0.6) is 0 Å². The molecular weight excluding hydrogens is 404 g/mol. The lowest BCUT2D eigenvalue weighted by Gasteiger charge is -2.18. The molecule has 1 heterocycles. The average Bonchev–Trinajstić information content (AvgIpc) is 2.83. The van der Waals surface area contributed by atoms with Crippen molar-refractivity contribution in [3.8, 4) is 28.7 Å². The van der Waals surface area contributed by atoms with E-state index in [1.165, 1.54) is 17.1 Å². The number of nitrogens with one attached hydrogen (secondary N) is 1. The number of hydrogen-bond acceptors (Lipinski definition) is 7. The van der Waals surface area contributed by atoms with E-state index >= 15 is 0 Å². The summed E-state index contributed by atoms with van der Waals surface area (Å²) in [5, 5.41) is 21.9. The van der Waals surface area contributed by atoms with E-state index in [0.29, 0.717) is 22.6 Å². The summed E-state index contributed by atoms with van der Waals surface area (Å²) in [6.07, 6.45) is 2.07. The van der Waals surface area contributed by atoms with Crippen LogP contribution in [0.25, 0.3) is 22.5 Å². The van der Waals surface area contributed by atoms with Crippen LogP contribution in [0, 0.1) is 28.5 Å². The van der Waals surface area contributed by atoms with Gasteiger partial charge in [-0.05, 0) is 37.3 Å². The quantitative estimate of drug-likeness (QED) is 0.193. The van der Waals surface area contributed by atoms with Crippen molar-refractivity contribution in [1.29, 1.82) is 5.26 Å². The zero-order chi connectivity index (χ0) is 22.5. The van der Waals surface area contributed by atoms with Gasteiger partial charge < -0.3 is 0 Å². The lowest BCUT2D eigenvalue weighted by molar-refractivity contribution is -0.384. The van der Waals surface area contributed by atoms with Gasteiger partial charge in [-0.2, -0.15) is 10.3 Å². The summed E-state index contributed by atoms with van der Waals surface area (Å²) >= 11 is 0. The van der Waals surface area contributed by atoms with Crippen LogP contribution in [0.2, 0.25) is 0 Å². The van der Waals surface area contributed by atoms with Gasteiger partial charge in [0.05, 0.1) is 22.0 Å². The second-order valence-electron chi connectivity index (χ2n) is 7.02. The third-order valence-electron chi connectivity index (χ3n) is 4.75. The number of para-hydroxylation sites is 1. The summed E-state index contributed by atoms with van der Waals surface area (Å²) in [7, 11) is 0. The molecule has 8 heteroatoms. The molecule has 0 saturated carbocycles. The van der Waals surface area contributed by atoms with Crippen molar-refractivity contribution < 1.29 is 4.92 Å². The van der Waals surface area contributed by atoms with Gasteiger partial charge in [-0.3, -0.25) is 15.5 Å². The van der Waals surface area contributed by atoms with E-state index in [9.17, 15) is 15.4 Å². The molecule has 0 aliphatic rings. The zero-order valence-electron chi connectivity index (χ0n) is 17.1. The predicted molar refractivity (Wildman–Crippen MR) is 122 cm³/mol. The minimum atomic E-state index is -0.450. The summed E-state index contributed by atoms with van der Waals surface area (Å²) in [6.45, 7) is 2.00. The molecule has 32 heavy (non-hydrogen) atoms. The topological polar surface area (TPSA) is 108 Å². The monoisotopic (exact) mass is 422 g/mol. The van der Waals surface area contributed by atoms with Crippen LogP contribution in [0.3, 0.4) is 0 Å². The van der Waals surface area contributed by atoms with Crippen molar-refractivity contribution in [1.82, 2.24) is 9.97 Å². The maximum Gasteiger partial charge on any atom is 0.269 e. The van der Waals surface area contributed by atoms with E-state index in [0.717, 1.165) is 11.1 Å². The van der Waals surface area contributed by atoms with Gasteiger partial charge in [-0.25, -0.2) is 9.97 Å². The van der Waals surface area contributed by atoms with Crippen LogP contribution in [0.4, 0.5) is 17.3 Å². The van der Waals surface area contributed by atoms with Crippen molar-refractivity contribution >= 4 is 17.3 Å². The first-order chi connectivity index (χ1) is 15.5. The first kappa shape index (κ1) is 20.5. The molecule has 0 saturated heterocycles. The van der Waals surface area contributed by atoms with E-state index < -0.39 is 4.92 Å². The molecule has 0 aliphatic carbocycles. The normalized spacial score (nSPS) is 10.2. The number of nitro benzene ring substituents is 1. The number of aromatic nitrogens is 2. The van der Waals surface area contributed by atoms with Crippen LogP contribution >= 0.6 is 0 Å². The molecule has 1 aromatic heterocycles. The highest BCUT2D eigenvalue weighted by Crippen LogP contribution is 2.28. The Kier molecular flexibility index (Phi) is 5.72. The van der Waals surface area contributed by atoms with E-state index in [-0.39, 0.29) is 11.6 Å². The van der Waals surface area contributed by atoms with Crippen molar-refractivity contribution in [3.05, 3.63) is 101 Å². The zero-order valence-corrected chi connectivity index (χ0v) is 17.1. The second kappa shape index (κ2) is 8.93. The van der Waals surface area contributed by atoms with E-state index in [4.69, 9.17) is 0 Å². The number of hydrazine groups is 1. The molecule has 4 aromatic rings. The first-order valence-corrected chi connectivity index (χ1v) is 9.76. The van der Waals surface area contributed by atoms with E-state index in [1.807, 2.05) is 61.5 Å². The van der Waals surface area contributed by atoms with Gasteiger partial charge in [-0.1, -0.05) is 48.0 Å². The number of non-ortho nitro benzene ring substituents is 1. The molecule has 0 fully saturated rings. The number of nitro groups is 1. The molecule has 156 valence electrons. The summed E-state index contributed by atoms with van der Waals surface area (Å²) in [4.78, 5) is 19.7. The van der Waals surface area contributed by atoms with Gasteiger partial charge in [0, 0.05) is 23.3 Å². The Bertz CT molecular complexity index is 1280. The molecule has 1 N–H and O–H groups in total. The van der Waals surface area contributed by atoms with Crippen LogP contribution in [0.15, 0.2) is 84.9 Å². The first-order valence-electron chi connectivity index (χ1n) is 9.76. The number of hydrogen-bond donors (Lipinski definition) is 1. The molecule has 0 unspecified atom stereocenters. The molecule has 0 bridgehead atoms. The molecule has 0 amide bonds. The second-order valence-corrected chi connectivity index (χ2v) is 7.02. The third kappa shape index (κ3) is 4.52. The highest BCUT2D eigenvalue weighted by Gasteiger charge is 2.15.